The molecule has 1 fully saturated rings. The number of benzene rings is 1. The highest BCUT2D eigenvalue weighted by Gasteiger charge is 2.38. The molecule has 2 atom stereocenters. The van der Waals surface area contributed by atoms with Crippen molar-refractivity contribution in [3.63, 3.8) is 0 Å². The Bertz CT molecular complexity index is 898. The van der Waals surface area contributed by atoms with Gasteiger partial charge in [0.2, 0.25) is 0 Å². The molecule has 0 bridgehead atoms. The van der Waals surface area contributed by atoms with Crippen molar-refractivity contribution in [1.29, 1.82) is 0 Å². The molecule has 2 aliphatic heterocycles. The molecule has 0 spiro atoms. The summed E-state index contributed by atoms with van der Waals surface area (Å²) in [6, 6.07) is 12.8. The summed E-state index contributed by atoms with van der Waals surface area (Å²) in [4.78, 5) is 0. The zero-order chi connectivity index (χ0) is 14.7. The van der Waals surface area contributed by atoms with Crippen LogP contribution in [0.1, 0.15) is 37.3 Å². The van der Waals surface area contributed by atoms with Crippen molar-refractivity contribution in [2.45, 2.75) is 31.7 Å². The van der Waals surface area contributed by atoms with E-state index in [4.69, 9.17) is 0 Å². The van der Waals surface area contributed by atoms with Gasteiger partial charge in [-0.05, 0) is 66.3 Å². The van der Waals surface area contributed by atoms with Crippen LogP contribution in [0, 0.1) is 5.92 Å². The summed E-state index contributed by atoms with van der Waals surface area (Å²) < 4.78 is 2.55. The van der Waals surface area contributed by atoms with Crippen molar-refractivity contribution in [2.75, 3.05) is 0 Å². The van der Waals surface area contributed by atoms with Crippen molar-refractivity contribution in [2.24, 2.45) is 5.92 Å². The summed E-state index contributed by atoms with van der Waals surface area (Å²) in [5, 5.41) is 12.3. The highest BCUT2D eigenvalue weighted by Crippen LogP contribution is 2.45. The lowest BCUT2D eigenvalue weighted by Crippen LogP contribution is -2.31. The molecule has 1 N–H and O–H groups in total. The first-order valence-corrected chi connectivity index (χ1v) is 8.24. The van der Waals surface area contributed by atoms with Crippen LogP contribution >= 0.6 is 0 Å². The molecular formula is C20H19NO. The molecule has 1 saturated carbocycles. The van der Waals surface area contributed by atoms with Crippen molar-refractivity contribution in [1.82, 2.24) is 4.57 Å². The predicted molar refractivity (Wildman–Crippen MR) is 87.8 cm³/mol. The average Bonchev–Trinajstić information content (AvgIpc) is 3.02. The number of aromatic nitrogens is 1. The Balaban J connectivity index is 1.80. The molecule has 2 unspecified atom stereocenters. The third kappa shape index (κ3) is 1.55. The number of aromatic hydroxyl groups is 1. The maximum atomic E-state index is 9.60. The molecule has 2 nitrogen and oxygen atoms in total. The van der Waals surface area contributed by atoms with E-state index in [2.05, 4.69) is 41.0 Å². The van der Waals surface area contributed by atoms with Gasteiger partial charge in [-0.25, -0.2) is 0 Å². The van der Waals surface area contributed by atoms with Gasteiger partial charge in [-0.1, -0.05) is 24.6 Å². The Morgan fingerprint density at radius 2 is 1.82 bits per heavy atom. The Hall–Kier alpha value is -2.22. The van der Waals surface area contributed by atoms with E-state index >= 15 is 0 Å². The third-order valence-electron chi connectivity index (χ3n) is 5.51. The van der Waals surface area contributed by atoms with Crippen LogP contribution in [0.3, 0.4) is 0 Å². The summed E-state index contributed by atoms with van der Waals surface area (Å²) in [7, 11) is 0. The Morgan fingerprint density at radius 3 is 2.68 bits per heavy atom. The first-order chi connectivity index (χ1) is 10.8. The Labute approximate surface area is 129 Å². The van der Waals surface area contributed by atoms with Crippen molar-refractivity contribution in [3.05, 3.63) is 64.3 Å². The van der Waals surface area contributed by atoms with Gasteiger partial charge in [-0.3, -0.25) is 0 Å². The van der Waals surface area contributed by atoms with Gasteiger partial charge in [-0.2, -0.15) is 0 Å². The fourth-order valence-electron chi connectivity index (χ4n) is 4.60. The molecule has 5 rings (SSSR count). The summed E-state index contributed by atoms with van der Waals surface area (Å²) in [6.45, 7) is 0. The van der Waals surface area contributed by atoms with E-state index in [1.165, 1.54) is 47.5 Å². The fourth-order valence-corrected chi connectivity index (χ4v) is 4.60. The highest BCUT2D eigenvalue weighted by molar-refractivity contribution is 5.71. The summed E-state index contributed by atoms with van der Waals surface area (Å²) in [6.07, 6.45) is 9.75. The van der Waals surface area contributed by atoms with Gasteiger partial charge in [0.15, 0.2) is 0 Å². The fraction of sp³-hybridized carbons (Fsp3) is 0.300. The van der Waals surface area contributed by atoms with Crippen molar-refractivity contribution < 1.29 is 5.11 Å². The van der Waals surface area contributed by atoms with Gasteiger partial charge in [-0.15, -0.1) is 0 Å². The smallest absolute Gasteiger partial charge is 0.115 e. The van der Waals surface area contributed by atoms with E-state index in [9.17, 15) is 5.11 Å². The molecule has 110 valence electrons. The zero-order valence-electron chi connectivity index (χ0n) is 12.5. The van der Waals surface area contributed by atoms with E-state index in [-0.39, 0.29) is 0 Å². The molecule has 0 saturated heterocycles. The molecule has 0 radical (unpaired) electrons. The van der Waals surface area contributed by atoms with Gasteiger partial charge in [0, 0.05) is 16.6 Å². The third-order valence-corrected chi connectivity index (χ3v) is 5.51. The number of hydrogen-bond donors (Lipinski definition) is 1. The lowest BCUT2D eigenvalue weighted by molar-refractivity contribution is 0.450. The van der Waals surface area contributed by atoms with Crippen LogP contribution in [0.25, 0.3) is 11.6 Å². The minimum atomic E-state index is 0.342. The van der Waals surface area contributed by atoms with Crippen LogP contribution in [0.2, 0.25) is 0 Å². The number of allylic oxidation sites excluding steroid dienone is 2. The number of phenolic OH excluding ortho intramolecular Hbond substituents is 1. The molecule has 1 aromatic carbocycles. The molecule has 3 heterocycles. The lowest BCUT2D eigenvalue weighted by Gasteiger charge is -2.26. The second-order valence-electron chi connectivity index (χ2n) is 6.68. The molecule has 1 aromatic heterocycles. The SMILES string of the molecule is Oc1ccc(C2=c3ccc4n3C3C(=CC=4)CCCCC23)cc1. The van der Waals surface area contributed by atoms with Crippen LogP contribution < -0.4 is 10.7 Å². The maximum Gasteiger partial charge on any atom is 0.115 e. The van der Waals surface area contributed by atoms with Gasteiger partial charge in [0.05, 0.1) is 6.04 Å². The molecule has 3 aliphatic rings. The topological polar surface area (TPSA) is 25.2 Å². The molecule has 0 amide bonds. The standard InChI is InChI=1S/C20H19NO/c22-16-10-6-13(7-11-16)19-17-4-2-1-3-14-5-8-15-9-12-18(19)21(15)20(14)17/h5-12,17,20,22H,1-4H2. The van der Waals surface area contributed by atoms with Crippen LogP contribution in [-0.2, 0) is 0 Å². The van der Waals surface area contributed by atoms with Gasteiger partial charge >= 0.3 is 0 Å². The summed E-state index contributed by atoms with van der Waals surface area (Å²) in [5.41, 5.74) is 4.33. The first kappa shape index (κ1) is 12.3. The zero-order valence-corrected chi connectivity index (χ0v) is 12.5. The van der Waals surface area contributed by atoms with Gasteiger partial charge in [0.25, 0.3) is 0 Å². The first-order valence-electron chi connectivity index (χ1n) is 8.24. The molecule has 1 aliphatic carbocycles. The average molecular weight is 289 g/mol. The predicted octanol–water partition coefficient (Wildman–Crippen LogP) is 2.86. The number of phenols is 1. The van der Waals surface area contributed by atoms with E-state index in [0.717, 1.165) is 0 Å². The number of hydrogen-bond acceptors (Lipinski definition) is 1. The van der Waals surface area contributed by atoms with Crippen LogP contribution in [0.5, 0.6) is 5.75 Å². The minimum absolute atomic E-state index is 0.342. The second-order valence-corrected chi connectivity index (χ2v) is 6.68. The van der Waals surface area contributed by atoms with E-state index < -0.39 is 0 Å². The minimum Gasteiger partial charge on any atom is -0.508 e. The lowest BCUT2D eigenvalue weighted by atomic mass is 9.83. The molecule has 2 heteroatoms. The molecule has 22 heavy (non-hydrogen) atoms. The van der Waals surface area contributed by atoms with E-state index in [1.807, 2.05) is 12.1 Å². The summed E-state index contributed by atoms with van der Waals surface area (Å²) >= 11 is 0. The van der Waals surface area contributed by atoms with Crippen LogP contribution in [0.4, 0.5) is 0 Å². The second kappa shape index (κ2) is 4.39. The van der Waals surface area contributed by atoms with Crippen molar-refractivity contribution >= 4 is 11.6 Å². The van der Waals surface area contributed by atoms with Gasteiger partial charge < -0.3 is 9.67 Å². The van der Waals surface area contributed by atoms with Gasteiger partial charge in [0.1, 0.15) is 5.75 Å². The Kier molecular flexibility index (Phi) is 2.46. The quantitative estimate of drug-likeness (QED) is 0.858. The maximum absolute atomic E-state index is 9.60. The number of nitrogens with zero attached hydrogens (tertiary/aromatic N) is 1. The van der Waals surface area contributed by atoms with E-state index in [1.54, 1.807) is 5.57 Å². The van der Waals surface area contributed by atoms with E-state index in [0.29, 0.717) is 17.7 Å². The van der Waals surface area contributed by atoms with Crippen LogP contribution in [0.15, 0.2) is 48.0 Å². The Morgan fingerprint density at radius 1 is 0.955 bits per heavy atom. The van der Waals surface area contributed by atoms with Crippen LogP contribution in [-0.4, -0.2) is 9.67 Å². The monoisotopic (exact) mass is 289 g/mol. The molecule has 2 aromatic rings. The van der Waals surface area contributed by atoms with Crippen molar-refractivity contribution in [3.8, 4) is 5.75 Å². The normalized spacial score (nSPS) is 25.3. The highest BCUT2D eigenvalue weighted by atomic mass is 16.3. The number of rotatable bonds is 1. The summed E-state index contributed by atoms with van der Waals surface area (Å²) in [5.74, 6) is 0.927. The molecular weight excluding hydrogens is 270 g/mol. The largest absolute Gasteiger partial charge is 0.508 e.